The molecule has 1 aliphatic rings. The van der Waals surface area contributed by atoms with Gasteiger partial charge >= 0.3 is 0 Å². The number of nitrogens with zero attached hydrogens (tertiary/aromatic N) is 3. The van der Waals surface area contributed by atoms with E-state index in [4.69, 9.17) is 21.1 Å². The molecule has 1 N–H and O–H groups in total. The van der Waals surface area contributed by atoms with Crippen LogP contribution in [0.5, 0.6) is 11.6 Å². The quantitative estimate of drug-likeness (QED) is 0.651. The van der Waals surface area contributed by atoms with Crippen molar-refractivity contribution in [2.45, 2.75) is 13.0 Å². The molecule has 2 aromatic heterocycles. The molecule has 0 aliphatic carbocycles. The predicted molar refractivity (Wildman–Crippen MR) is 96.0 cm³/mol. The van der Waals surface area contributed by atoms with Crippen molar-refractivity contribution >= 4 is 22.9 Å². The minimum absolute atomic E-state index is 0.0200. The van der Waals surface area contributed by atoms with Crippen molar-refractivity contribution in [2.24, 2.45) is 0 Å². The minimum Gasteiger partial charge on any atom is -0.491 e. The lowest BCUT2D eigenvalue weighted by molar-refractivity contribution is 0.208. The van der Waals surface area contributed by atoms with Crippen molar-refractivity contribution in [3.8, 4) is 11.6 Å². The van der Waals surface area contributed by atoms with Crippen molar-refractivity contribution in [3.63, 3.8) is 0 Å². The SMILES string of the molecule is C=C1NCCOc2ccc(F)c(Cl)c2C(C)Oc2ccn3ncc1c3n2. The van der Waals surface area contributed by atoms with Gasteiger partial charge in [-0.25, -0.2) is 8.91 Å². The van der Waals surface area contributed by atoms with Gasteiger partial charge in [-0.15, -0.1) is 0 Å². The van der Waals surface area contributed by atoms with Crippen LogP contribution in [-0.4, -0.2) is 27.7 Å². The highest BCUT2D eigenvalue weighted by molar-refractivity contribution is 6.31. The first-order chi connectivity index (χ1) is 12.5. The summed E-state index contributed by atoms with van der Waals surface area (Å²) in [7, 11) is 0. The highest BCUT2D eigenvalue weighted by Crippen LogP contribution is 2.36. The van der Waals surface area contributed by atoms with Gasteiger partial charge in [0.2, 0.25) is 5.88 Å². The molecule has 1 aromatic carbocycles. The van der Waals surface area contributed by atoms with E-state index in [1.165, 1.54) is 6.07 Å². The zero-order valence-electron chi connectivity index (χ0n) is 14.0. The molecule has 4 rings (SSSR count). The summed E-state index contributed by atoms with van der Waals surface area (Å²) < 4.78 is 27.3. The van der Waals surface area contributed by atoms with Crippen LogP contribution in [0.15, 0.2) is 37.2 Å². The summed E-state index contributed by atoms with van der Waals surface area (Å²) in [6.07, 6.45) is 2.86. The Hall–Kier alpha value is -2.80. The lowest BCUT2D eigenvalue weighted by atomic mass is 10.1. The molecule has 134 valence electrons. The van der Waals surface area contributed by atoms with Gasteiger partial charge in [0.05, 0.1) is 22.3 Å². The highest BCUT2D eigenvalue weighted by atomic mass is 35.5. The van der Waals surface area contributed by atoms with E-state index in [-0.39, 0.29) is 5.02 Å². The van der Waals surface area contributed by atoms with Gasteiger partial charge in [-0.1, -0.05) is 18.2 Å². The molecule has 26 heavy (non-hydrogen) atoms. The Kier molecular flexibility index (Phi) is 4.16. The number of ether oxygens (including phenoxy) is 2. The lowest BCUT2D eigenvalue weighted by Gasteiger charge is -2.19. The first-order valence-electron chi connectivity index (χ1n) is 8.09. The Morgan fingerprint density at radius 3 is 3.08 bits per heavy atom. The van der Waals surface area contributed by atoms with Crippen LogP contribution in [0.4, 0.5) is 4.39 Å². The minimum atomic E-state index is -0.563. The third-order valence-electron chi connectivity index (χ3n) is 4.16. The van der Waals surface area contributed by atoms with Crippen molar-refractivity contribution in [2.75, 3.05) is 13.2 Å². The van der Waals surface area contributed by atoms with Crippen LogP contribution in [-0.2, 0) is 0 Å². The summed E-state index contributed by atoms with van der Waals surface area (Å²) in [6, 6.07) is 4.51. The second-order valence-corrected chi connectivity index (χ2v) is 6.26. The number of hydrogen-bond donors (Lipinski definition) is 1. The summed E-state index contributed by atoms with van der Waals surface area (Å²) in [4.78, 5) is 4.51. The molecule has 0 fully saturated rings. The molecule has 1 aliphatic heterocycles. The van der Waals surface area contributed by atoms with Gasteiger partial charge in [0, 0.05) is 24.5 Å². The van der Waals surface area contributed by atoms with Crippen LogP contribution in [0, 0.1) is 5.82 Å². The second kappa shape index (κ2) is 6.49. The average Bonchev–Trinajstić information content (AvgIpc) is 3.04. The molecule has 8 heteroatoms. The fraction of sp³-hybridized carbons (Fsp3) is 0.222. The van der Waals surface area contributed by atoms with Crippen LogP contribution in [0.1, 0.15) is 24.2 Å². The van der Waals surface area contributed by atoms with E-state index in [1.807, 2.05) is 0 Å². The van der Waals surface area contributed by atoms with E-state index < -0.39 is 11.9 Å². The monoisotopic (exact) mass is 374 g/mol. The molecule has 0 saturated heterocycles. The maximum absolute atomic E-state index is 14.0. The summed E-state index contributed by atoms with van der Waals surface area (Å²) in [5.74, 6) is 0.312. The van der Waals surface area contributed by atoms with Crippen LogP contribution in [0.2, 0.25) is 5.02 Å². The Bertz CT molecular complexity index is 1000. The zero-order chi connectivity index (χ0) is 18.3. The largest absolute Gasteiger partial charge is 0.491 e. The van der Waals surface area contributed by atoms with Gasteiger partial charge in [-0.3, -0.25) is 0 Å². The summed E-state index contributed by atoms with van der Waals surface area (Å²) in [5, 5.41) is 7.42. The van der Waals surface area contributed by atoms with Gasteiger partial charge in [0.15, 0.2) is 5.65 Å². The summed E-state index contributed by atoms with van der Waals surface area (Å²) in [5.41, 5.74) is 2.50. The van der Waals surface area contributed by atoms with Crippen molar-refractivity contribution in [3.05, 3.63) is 59.1 Å². The van der Waals surface area contributed by atoms with Gasteiger partial charge in [-0.2, -0.15) is 10.1 Å². The maximum atomic E-state index is 14.0. The second-order valence-electron chi connectivity index (χ2n) is 5.88. The standard InChI is InChI=1S/C18H16ClFN4O2/c1-10-12-9-22-24-7-5-15(23-18(12)24)26-11(2)16-14(25-8-6-21-10)4-3-13(20)17(16)19/h3-5,7,9,11,21H,1,6,8H2,2H3. The highest BCUT2D eigenvalue weighted by Gasteiger charge is 2.22. The zero-order valence-corrected chi connectivity index (χ0v) is 14.8. The van der Waals surface area contributed by atoms with Crippen molar-refractivity contribution < 1.29 is 13.9 Å². The maximum Gasteiger partial charge on any atom is 0.217 e. The molecule has 1 unspecified atom stereocenters. The van der Waals surface area contributed by atoms with E-state index in [2.05, 4.69) is 22.0 Å². The third kappa shape index (κ3) is 2.84. The number of fused-ring (bicyclic) bond motifs is 2. The average molecular weight is 375 g/mol. The van der Waals surface area contributed by atoms with Gasteiger partial charge in [0.1, 0.15) is 24.3 Å². The molecule has 6 nitrogen and oxygen atoms in total. The number of aromatic nitrogens is 3. The van der Waals surface area contributed by atoms with E-state index in [1.54, 1.807) is 36.0 Å². The van der Waals surface area contributed by atoms with Crippen LogP contribution >= 0.6 is 11.6 Å². The Labute approximate surface area is 154 Å². The molecular formula is C18H16ClFN4O2. The van der Waals surface area contributed by atoms with Crippen LogP contribution < -0.4 is 14.8 Å². The number of rotatable bonds is 0. The number of nitrogens with one attached hydrogen (secondary N) is 1. The molecular weight excluding hydrogens is 359 g/mol. The molecule has 2 bridgehead atoms. The molecule has 1 atom stereocenters. The summed E-state index contributed by atoms with van der Waals surface area (Å²) >= 11 is 6.18. The van der Waals surface area contributed by atoms with E-state index in [0.717, 1.165) is 5.56 Å². The first kappa shape index (κ1) is 16.7. The lowest BCUT2D eigenvalue weighted by Crippen LogP contribution is -2.20. The van der Waals surface area contributed by atoms with E-state index in [9.17, 15) is 4.39 Å². The Balaban J connectivity index is 1.82. The Morgan fingerprint density at radius 1 is 1.38 bits per heavy atom. The van der Waals surface area contributed by atoms with Gasteiger partial charge < -0.3 is 14.8 Å². The molecule has 0 radical (unpaired) electrons. The van der Waals surface area contributed by atoms with Crippen LogP contribution in [0.25, 0.3) is 11.3 Å². The molecule has 0 spiro atoms. The molecule has 3 aromatic rings. The van der Waals surface area contributed by atoms with Gasteiger partial charge in [0.25, 0.3) is 0 Å². The predicted octanol–water partition coefficient (Wildman–Crippen LogP) is 3.61. The third-order valence-corrected chi connectivity index (χ3v) is 4.55. The topological polar surface area (TPSA) is 60.7 Å². The first-order valence-corrected chi connectivity index (χ1v) is 8.47. The summed E-state index contributed by atoms with van der Waals surface area (Å²) in [6.45, 7) is 6.64. The number of benzene rings is 1. The van der Waals surface area contributed by atoms with Crippen molar-refractivity contribution in [1.82, 2.24) is 19.9 Å². The van der Waals surface area contributed by atoms with E-state index in [0.29, 0.717) is 41.7 Å². The van der Waals surface area contributed by atoms with Crippen LogP contribution in [0.3, 0.4) is 0 Å². The smallest absolute Gasteiger partial charge is 0.217 e. The fourth-order valence-electron chi connectivity index (χ4n) is 2.88. The molecule has 0 amide bonds. The Morgan fingerprint density at radius 2 is 2.23 bits per heavy atom. The van der Waals surface area contributed by atoms with Crippen molar-refractivity contribution in [1.29, 1.82) is 0 Å². The van der Waals surface area contributed by atoms with E-state index >= 15 is 0 Å². The number of halogens is 2. The normalized spacial score (nSPS) is 17.3. The molecule has 3 heterocycles. The molecule has 0 saturated carbocycles. The van der Waals surface area contributed by atoms with Gasteiger partial charge in [-0.05, 0) is 19.1 Å². The fourth-order valence-corrected chi connectivity index (χ4v) is 3.19. The number of hydrogen-bond acceptors (Lipinski definition) is 5.